The summed E-state index contributed by atoms with van der Waals surface area (Å²) in [6.45, 7) is 0. The molecule has 0 aliphatic rings. The van der Waals surface area contributed by atoms with E-state index in [4.69, 9.17) is 0 Å². The molecule has 0 saturated heterocycles. The van der Waals surface area contributed by atoms with Crippen molar-refractivity contribution in [3.05, 3.63) is 82.0 Å². The van der Waals surface area contributed by atoms with Gasteiger partial charge >= 0.3 is 0 Å². The quantitative estimate of drug-likeness (QED) is 0.611. The number of nitrogens with one attached hydrogen (secondary N) is 1. The molecule has 3 aromatic heterocycles. The molecule has 0 radical (unpaired) electrons. The maximum atomic E-state index is 12.5. The molecule has 0 saturated carbocycles. The number of H-pyrrole nitrogens is 1. The number of benzene rings is 1. The van der Waals surface area contributed by atoms with Gasteiger partial charge in [0.2, 0.25) is 0 Å². The average molecular weight is 331 g/mol. The van der Waals surface area contributed by atoms with Gasteiger partial charge in [0.15, 0.2) is 0 Å². The lowest BCUT2D eigenvalue weighted by atomic mass is 10.1. The summed E-state index contributed by atoms with van der Waals surface area (Å²) in [4.78, 5) is 24.7. The molecule has 0 unspecified atom stereocenters. The highest BCUT2D eigenvalue weighted by Gasteiger charge is 2.11. The van der Waals surface area contributed by atoms with Gasteiger partial charge in [0.1, 0.15) is 10.7 Å². The largest absolute Gasteiger partial charge is 0.306 e. The number of thiophene rings is 1. The molecule has 4 nitrogen and oxygen atoms in total. The molecule has 0 aliphatic carbocycles. The van der Waals surface area contributed by atoms with E-state index in [-0.39, 0.29) is 5.56 Å². The maximum absolute atomic E-state index is 12.5. The van der Waals surface area contributed by atoms with E-state index in [0.717, 1.165) is 21.5 Å². The summed E-state index contributed by atoms with van der Waals surface area (Å²) < 4.78 is 0. The fourth-order valence-corrected chi connectivity index (χ4v) is 3.48. The molecule has 116 valence electrons. The second-order valence-corrected chi connectivity index (χ2v) is 6.12. The van der Waals surface area contributed by atoms with Gasteiger partial charge in [-0.2, -0.15) is 0 Å². The third-order valence-corrected chi connectivity index (χ3v) is 4.54. The molecule has 0 amide bonds. The van der Waals surface area contributed by atoms with E-state index < -0.39 is 0 Å². The SMILES string of the molecule is O=c1[nH]c(C=Cc2cccnc2)nc2scc(-c3ccccc3)c12. The first-order valence-electron chi connectivity index (χ1n) is 7.46. The van der Waals surface area contributed by atoms with Crippen molar-refractivity contribution < 1.29 is 0 Å². The van der Waals surface area contributed by atoms with Crippen LogP contribution in [0.2, 0.25) is 0 Å². The van der Waals surface area contributed by atoms with Crippen LogP contribution in [0.3, 0.4) is 0 Å². The topological polar surface area (TPSA) is 58.6 Å². The van der Waals surface area contributed by atoms with Gasteiger partial charge in [-0.15, -0.1) is 11.3 Å². The van der Waals surface area contributed by atoms with Crippen molar-refractivity contribution in [2.45, 2.75) is 0 Å². The summed E-state index contributed by atoms with van der Waals surface area (Å²) in [5, 5.41) is 2.63. The lowest BCUT2D eigenvalue weighted by molar-refractivity contribution is 1.15. The van der Waals surface area contributed by atoms with Crippen LogP contribution in [-0.4, -0.2) is 15.0 Å². The number of hydrogen-bond acceptors (Lipinski definition) is 4. The van der Waals surface area contributed by atoms with Gasteiger partial charge in [-0.3, -0.25) is 9.78 Å². The number of fused-ring (bicyclic) bond motifs is 1. The molecule has 0 aliphatic heterocycles. The Kier molecular flexibility index (Phi) is 3.76. The summed E-state index contributed by atoms with van der Waals surface area (Å²) in [6, 6.07) is 13.7. The van der Waals surface area contributed by atoms with Crippen molar-refractivity contribution in [2.24, 2.45) is 0 Å². The third kappa shape index (κ3) is 2.77. The van der Waals surface area contributed by atoms with Crippen molar-refractivity contribution in [2.75, 3.05) is 0 Å². The first kappa shape index (κ1) is 14.5. The smallest absolute Gasteiger partial charge is 0.260 e. The summed E-state index contributed by atoms with van der Waals surface area (Å²) in [5.74, 6) is 0.540. The minimum atomic E-state index is -0.120. The number of rotatable bonds is 3. The molecule has 0 atom stereocenters. The highest BCUT2D eigenvalue weighted by atomic mass is 32.1. The zero-order valence-corrected chi connectivity index (χ0v) is 13.5. The second-order valence-electron chi connectivity index (χ2n) is 5.27. The third-order valence-electron chi connectivity index (χ3n) is 3.67. The number of hydrogen-bond donors (Lipinski definition) is 1. The van der Waals surface area contributed by atoms with Gasteiger partial charge in [-0.25, -0.2) is 4.98 Å². The monoisotopic (exact) mass is 331 g/mol. The Morgan fingerprint density at radius 2 is 1.92 bits per heavy atom. The Morgan fingerprint density at radius 3 is 2.71 bits per heavy atom. The Hall–Kier alpha value is -3.05. The van der Waals surface area contributed by atoms with E-state index in [2.05, 4.69) is 15.0 Å². The predicted octanol–water partition coefficient (Wildman–Crippen LogP) is 4.22. The van der Waals surface area contributed by atoms with E-state index in [1.807, 2.05) is 53.9 Å². The Balaban J connectivity index is 1.77. The Bertz CT molecular complexity index is 1070. The van der Waals surface area contributed by atoms with Crippen LogP contribution in [0.15, 0.2) is 65.0 Å². The molecule has 24 heavy (non-hydrogen) atoms. The normalized spacial score (nSPS) is 11.3. The summed E-state index contributed by atoms with van der Waals surface area (Å²) in [5.41, 5.74) is 2.78. The fourth-order valence-electron chi connectivity index (χ4n) is 2.52. The van der Waals surface area contributed by atoms with Crippen LogP contribution in [-0.2, 0) is 0 Å². The van der Waals surface area contributed by atoms with E-state index in [9.17, 15) is 4.79 Å². The molecular formula is C19H13N3OS. The van der Waals surface area contributed by atoms with Crippen molar-refractivity contribution in [3.63, 3.8) is 0 Å². The van der Waals surface area contributed by atoms with Crippen LogP contribution >= 0.6 is 11.3 Å². The zero-order chi connectivity index (χ0) is 16.4. The van der Waals surface area contributed by atoms with Gasteiger partial charge in [0.05, 0.1) is 5.39 Å². The maximum Gasteiger partial charge on any atom is 0.260 e. The molecule has 0 fully saturated rings. The fraction of sp³-hybridized carbons (Fsp3) is 0. The average Bonchev–Trinajstić information content (AvgIpc) is 3.06. The van der Waals surface area contributed by atoms with Crippen molar-refractivity contribution >= 4 is 33.7 Å². The summed E-state index contributed by atoms with van der Waals surface area (Å²) in [7, 11) is 0. The standard InChI is InChI=1S/C19H13N3OS/c23-18-17-15(14-6-2-1-3-7-14)12-24-19(17)22-16(21-18)9-8-13-5-4-10-20-11-13/h1-12H,(H,21,22,23). The van der Waals surface area contributed by atoms with Gasteiger partial charge < -0.3 is 4.98 Å². The lowest BCUT2D eigenvalue weighted by Gasteiger charge is -1.99. The van der Waals surface area contributed by atoms with Crippen LogP contribution < -0.4 is 5.56 Å². The van der Waals surface area contributed by atoms with Crippen molar-refractivity contribution in [1.82, 2.24) is 15.0 Å². The Labute approximate surface area is 142 Å². The second kappa shape index (κ2) is 6.22. The van der Waals surface area contributed by atoms with Gasteiger partial charge in [-0.1, -0.05) is 36.4 Å². The number of pyridine rings is 1. The predicted molar refractivity (Wildman–Crippen MR) is 98.8 cm³/mol. The van der Waals surface area contributed by atoms with E-state index >= 15 is 0 Å². The molecule has 5 heteroatoms. The van der Waals surface area contributed by atoms with Crippen molar-refractivity contribution in [1.29, 1.82) is 0 Å². The van der Waals surface area contributed by atoms with Gasteiger partial charge in [-0.05, 0) is 29.3 Å². The first-order valence-corrected chi connectivity index (χ1v) is 8.34. The molecule has 1 aromatic carbocycles. The molecule has 1 N–H and O–H groups in total. The van der Waals surface area contributed by atoms with E-state index in [1.165, 1.54) is 11.3 Å². The molecule has 0 spiro atoms. The van der Waals surface area contributed by atoms with Crippen LogP contribution in [0.4, 0.5) is 0 Å². The van der Waals surface area contributed by atoms with Crippen LogP contribution in [0.25, 0.3) is 33.5 Å². The highest BCUT2D eigenvalue weighted by molar-refractivity contribution is 7.17. The minimum absolute atomic E-state index is 0.120. The van der Waals surface area contributed by atoms with Crippen molar-refractivity contribution in [3.8, 4) is 11.1 Å². The van der Waals surface area contributed by atoms with Gasteiger partial charge in [0, 0.05) is 23.3 Å². The molecule has 3 heterocycles. The Morgan fingerprint density at radius 1 is 1.04 bits per heavy atom. The molecular weight excluding hydrogens is 318 g/mol. The molecule has 4 rings (SSSR count). The number of aromatic amines is 1. The van der Waals surface area contributed by atoms with E-state index in [0.29, 0.717) is 11.2 Å². The number of aromatic nitrogens is 3. The first-order chi connectivity index (χ1) is 11.8. The zero-order valence-electron chi connectivity index (χ0n) is 12.6. The summed E-state index contributed by atoms with van der Waals surface area (Å²) in [6.07, 6.45) is 7.15. The van der Waals surface area contributed by atoms with Gasteiger partial charge in [0.25, 0.3) is 5.56 Å². The molecule has 4 aromatic rings. The van der Waals surface area contributed by atoms with Crippen LogP contribution in [0.5, 0.6) is 0 Å². The van der Waals surface area contributed by atoms with Crippen LogP contribution in [0.1, 0.15) is 11.4 Å². The highest BCUT2D eigenvalue weighted by Crippen LogP contribution is 2.30. The summed E-state index contributed by atoms with van der Waals surface area (Å²) >= 11 is 1.48. The number of nitrogens with zero attached hydrogens (tertiary/aromatic N) is 2. The molecule has 0 bridgehead atoms. The van der Waals surface area contributed by atoms with Crippen LogP contribution in [0, 0.1) is 0 Å². The lowest BCUT2D eigenvalue weighted by Crippen LogP contribution is -2.09. The van der Waals surface area contributed by atoms with E-state index in [1.54, 1.807) is 18.5 Å². The minimum Gasteiger partial charge on any atom is -0.306 e.